The van der Waals surface area contributed by atoms with Crippen molar-refractivity contribution in [1.29, 1.82) is 0 Å². The van der Waals surface area contributed by atoms with Crippen molar-refractivity contribution in [3.05, 3.63) is 48.3 Å². The van der Waals surface area contributed by atoms with Crippen LogP contribution >= 0.6 is 0 Å². The normalized spacial score (nSPS) is 13.9. The van der Waals surface area contributed by atoms with Gasteiger partial charge in [-0.1, -0.05) is 5.16 Å². The molecule has 7 nitrogen and oxygen atoms in total. The fraction of sp³-hybridized carbons (Fsp3) is 0.353. The molecule has 1 aromatic carbocycles. The first-order valence-corrected chi connectivity index (χ1v) is 7.89. The van der Waals surface area contributed by atoms with Crippen LogP contribution < -0.4 is 10.1 Å². The lowest BCUT2D eigenvalue weighted by atomic mass is 10.3. The molecule has 0 unspecified atom stereocenters. The molecule has 0 saturated heterocycles. The molecule has 1 aliphatic carbocycles. The molecular formula is C17H19N3O4. The zero-order chi connectivity index (χ0) is 16.8. The summed E-state index contributed by atoms with van der Waals surface area (Å²) in [5.41, 5.74) is 0.670. The Balaban J connectivity index is 1.47. The largest absolute Gasteiger partial charge is 0.501 e. The second-order valence-corrected chi connectivity index (χ2v) is 5.38. The van der Waals surface area contributed by atoms with Gasteiger partial charge in [0.25, 0.3) is 5.91 Å². The standard InChI is InChI=1S/C17H19N3O4/c1-2-22-10-9-16(21)18-13-5-7-14(8-6-13)23-11-15-19-17(24-20-15)12-3-4-12/h5-10,12H,2-4,11H2,1H3,(H,18,21). The third-order valence-corrected chi connectivity index (χ3v) is 3.38. The summed E-state index contributed by atoms with van der Waals surface area (Å²) >= 11 is 0. The van der Waals surface area contributed by atoms with Gasteiger partial charge in [0.2, 0.25) is 11.7 Å². The van der Waals surface area contributed by atoms with Crippen molar-refractivity contribution in [2.45, 2.75) is 32.3 Å². The molecule has 1 saturated carbocycles. The van der Waals surface area contributed by atoms with Gasteiger partial charge in [0, 0.05) is 17.7 Å². The molecule has 2 aromatic rings. The zero-order valence-electron chi connectivity index (χ0n) is 13.4. The van der Waals surface area contributed by atoms with E-state index in [9.17, 15) is 4.79 Å². The Hall–Kier alpha value is -2.83. The van der Waals surface area contributed by atoms with Gasteiger partial charge in [0.15, 0.2) is 6.61 Å². The minimum Gasteiger partial charge on any atom is -0.501 e. The third kappa shape index (κ3) is 4.58. The summed E-state index contributed by atoms with van der Waals surface area (Å²) in [4.78, 5) is 15.9. The molecule has 1 heterocycles. The van der Waals surface area contributed by atoms with Crippen LogP contribution in [0.4, 0.5) is 5.69 Å². The predicted molar refractivity (Wildman–Crippen MR) is 86.4 cm³/mol. The average Bonchev–Trinajstić information content (AvgIpc) is 3.33. The molecule has 1 fully saturated rings. The summed E-state index contributed by atoms with van der Waals surface area (Å²) < 4.78 is 15.8. The van der Waals surface area contributed by atoms with E-state index in [1.807, 2.05) is 6.92 Å². The van der Waals surface area contributed by atoms with Crippen LogP contribution in [-0.2, 0) is 16.1 Å². The van der Waals surface area contributed by atoms with E-state index in [4.69, 9.17) is 14.0 Å². The van der Waals surface area contributed by atoms with Crippen LogP contribution in [0.15, 0.2) is 41.1 Å². The number of nitrogens with one attached hydrogen (secondary N) is 1. The van der Waals surface area contributed by atoms with E-state index in [2.05, 4.69) is 15.5 Å². The molecule has 0 bridgehead atoms. The quantitative estimate of drug-likeness (QED) is 0.592. The number of hydrogen-bond acceptors (Lipinski definition) is 6. The zero-order valence-corrected chi connectivity index (χ0v) is 13.4. The van der Waals surface area contributed by atoms with E-state index in [1.54, 1.807) is 24.3 Å². The maximum Gasteiger partial charge on any atom is 0.251 e. The lowest BCUT2D eigenvalue weighted by Gasteiger charge is -2.05. The summed E-state index contributed by atoms with van der Waals surface area (Å²) in [6.45, 7) is 2.62. The molecule has 126 valence electrons. The van der Waals surface area contributed by atoms with Crippen LogP contribution in [-0.4, -0.2) is 22.7 Å². The number of amides is 1. The maximum atomic E-state index is 11.6. The fourth-order valence-electron chi connectivity index (χ4n) is 1.99. The van der Waals surface area contributed by atoms with E-state index in [1.165, 1.54) is 12.3 Å². The topological polar surface area (TPSA) is 86.5 Å². The molecule has 0 atom stereocenters. The molecule has 0 aliphatic heterocycles. The summed E-state index contributed by atoms with van der Waals surface area (Å²) in [6.07, 6.45) is 4.94. The van der Waals surface area contributed by atoms with Crippen molar-refractivity contribution in [2.24, 2.45) is 0 Å². The van der Waals surface area contributed by atoms with E-state index >= 15 is 0 Å². The lowest BCUT2D eigenvalue weighted by molar-refractivity contribution is -0.112. The van der Waals surface area contributed by atoms with Crippen molar-refractivity contribution in [3.8, 4) is 5.75 Å². The van der Waals surface area contributed by atoms with Crippen LogP contribution in [0.25, 0.3) is 0 Å². The number of hydrogen-bond donors (Lipinski definition) is 1. The van der Waals surface area contributed by atoms with Crippen molar-refractivity contribution in [3.63, 3.8) is 0 Å². The molecule has 1 aromatic heterocycles. The van der Waals surface area contributed by atoms with Crippen LogP contribution in [0.1, 0.15) is 37.4 Å². The van der Waals surface area contributed by atoms with Gasteiger partial charge in [0.05, 0.1) is 12.9 Å². The van der Waals surface area contributed by atoms with Gasteiger partial charge in [-0.15, -0.1) is 0 Å². The molecular weight excluding hydrogens is 310 g/mol. The van der Waals surface area contributed by atoms with Crippen LogP contribution in [0, 0.1) is 0 Å². The SMILES string of the molecule is CCOC=CC(=O)Nc1ccc(OCc2noc(C3CC3)n2)cc1. The summed E-state index contributed by atoms with van der Waals surface area (Å²) in [6, 6.07) is 7.05. The predicted octanol–water partition coefficient (Wildman–Crippen LogP) is 3.01. The van der Waals surface area contributed by atoms with Gasteiger partial charge in [0.1, 0.15) is 5.75 Å². The van der Waals surface area contributed by atoms with Gasteiger partial charge in [-0.3, -0.25) is 4.79 Å². The van der Waals surface area contributed by atoms with Gasteiger partial charge in [-0.25, -0.2) is 0 Å². The third-order valence-electron chi connectivity index (χ3n) is 3.38. The highest BCUT2D eigenvalue weighted by Crippen LogP contribution is 2.38. The Morgan fingerprint density at radius 3 is 2.88 bits per heavy atom. The molecule has 1 aliphatic rings. The summed E-state index contributed by atoms with van der Waals surface area (Å²) in [5.74, 6) is 2.08. The fourth-order valence-corrected chi connectivity index (χ4v) is 1.99. The Morgan fingerprint density at radius 1 is 1.38 bits per heavy atom. The molecule has 24 heavy (non-hydrogen) atoms. The number of nitrogens with zero attached hydrogens (tertiary/aromatic N) is 2. The van der Waals surface area contributed by atoms with Crippen molar-refractivity contribution < 1.29 is 18.8 Å². The molecule has 0 spiro atoms. The molecule has 1 N–H and O–H groups in total. The van der Waals surface area contributed by atoms with Crippen LogP contribution in [0.5, 0.6) is 5.75 Å². The molecule has 0 radical (unpaired) electrons. The number of carbonyl (C=O) groups is 1. The van der Waals surface area contributed by atoms with Crippen LogP contribution in [0.3, 0.4) is 0 Å². The second kappa shape index (κ2) is 7.63. The first-order chi connectivity index (χ1) is 11.7. The second-order valence-electron chi connectivity index (χ2n) is 5.38. The van der Waals surface area contributed by atoms with Gasteiger partial charge in [-0.2, -0.15) is 4.98 Å². The Labute approximate surface area is 139 Å². The van der Waals surface area contributed by atoms with Crippen molar-refractivity contribution in [1.82, 2.24) is 10.1 Å². The van der Waals surface area contributed by atoms with E-state index in [-0.39, 0.29) is 12.5 Å². The summed E-state index contributed by atoms with van der Waals surface area (Å²) in [7, 11) is 0. The average molecular weight is 329 g/mol. The van der Waals surface area contributed by atoms with E-state index < -0.39 is 0 Å². The monoisotopic (exact) mass is 329 g/mol. The number of aromatic nitrogens is 2. The lowest BCUT2D eigenvalue weighted by Crippen LogP contribution is -2.07. The highest BCUT2D eigenvalue weighted by molar-refractivity contribution is 5.99. The van der Waals surface area contributed by atoms with E-state index in [0.717, 1.165) is 12.8 Å². The molecule has 3 rings (SSSR count). The number of carbonyl (C=O) groups excluding carboxylic acids is 1. The van der Waals surface area contributed by atoms with Crippen LogP contribution in [0.2, 0.25) is 0 Å². The Morgan fingerprint density at radius 2 is 2.17 bits per heavy atom. The van der Waals surface area contributed by atoms with Gasteiger partial charge >= 0.3 is 0 Å². The van der Waals surface area contributed by atoms with E-state index in [0.29, 0.717) is 35.7 Å². The van der Waals surface area contributed by atoms with Gasteiger partial charge in [-0.05, 0) is 44.0 Å². The van der Waals surface area contributed by atoms with Gasteiger partial charge < -0.3 is 19.3 Å². The smallest absolute Gasteiger partial charge is 0.251 e. The Kier molecular flexibility index (Phi) is 5.10. The summed E-state index contributed by atoms with van der Waals surface area (Å²) in [5, 5.41) is 6.62. The number of benzene rings is 1. The minimum atomic E-state index is -0.253. The Bertz CT molecular complexity index is 705. The number of rotatable bonds is 8. The first kappa shape index (κ1) is 16.0. The van der Waals surface area contributed by atoms with Crippen molar-refractivity contribution in [2.75, 3.05) is 11.9 Å². The highest BCUT2D eigenvalue weighted by Gasteiger charge is 2.29. The molecule has 7 heteroatoms. The number of anilines is 1. The highest BCUT2D eigenvalue weighted by atomic mass is 16.5. The van der Waals surface area contributed by atoms with Crippen molar-refractivity contribution >= 4 is 11.6 Å². The number of ether oxygens (including phenoxy) is 2. The first-order valence-electron chi connectivity index (χ1n) is 7.89. The molecule has 1 amide bonds. The maximum absolute atomic E-state index is 11.6. The minimum absolute atomic E-state index is 0.249.